The molecular weight excluding hydrogens is 260 g/mol. The third-order valence-electron chi connectivity index (χ3n) is 7.16. The molecule has 1 spiro atoms. The zero-order valence-electron chi connectivity index (χ0n) is 12.8. The summed E-state index contributed by atoms with van der Waals surface area (Å²) in [5.41, 5.74) is 2.20. The molecule has 0 bridgehead atoms. The molecule has 4 saturated carbocycles. The zero-order valence-corrected chi connectivity index (χ0v) is 12.8. The van der Waals surface area contributed by atoms with Gasteiger partial charge in [-0.2, -0.15) is 0 Å². The maximum Gasteiger partial charge on any atom is 0.338 e. The number of benzene rings is 1. The second-order valence-corrected chi connectivity index (χ2v) is 8.15. The minimum Gasteiger partial charge on any atom is -0.455 e. The first kappa shape index (κ1) is 12.3. The molecule has 6 unspecified atom stereocenters. The number of esters is 1. The fourth-order valence-corrected chi connectivity index (χ4v) is 6.25. The molecule has 1 aromatic rings. The van der Waals surface area contributed by atoms with Crippen LogP contribution in [0.5, 0.6) is 0 Å². The maximum atomic E-state index is 12.5. The summed E-state index contributed by atoms with van der Waals surface area (Å²) in [6.07, 6.45) is 4.95. The number of carbonyl (C=O) groups is 1. The van der Waals surface area contributed by atoms with E-state index in [9.17, 15) is 4.79 Å². The van der Waals surface area contributed by atoms with Crippen LogP contribution in [0.3, 0.4) is 0 Å². The first-order valence-electron chi connectivity index (χ1n) is 8.35. The van der Waals surface area contributed by atoms with Crippen LogP contribution in [0.15, 0.2) is 24.3 Å². The summed E-state index contributed by atoms with van der Waals surface area (Å²) in [7, 11) is 0. The van der Waals surface area contributed by atoms with Gasteiger partial charge in [0.05, 0.1) is 5.56 Å². The molecule has 0 amide bonds. The molecule has 0 radical (unpaired) electrons. The number of aryl methyl sites for hydroxylation is 1. The highest BCUT2D eigenvalue weighted by molar-refractivity contribution is 5.90. The molecule has 21 heavy (non-hydrogen) atoms. The Kier molecular flexibility index (Phi) is 2.06. The molecule has 5 rings (SSSR count). The van der Waals surface area contributed by atoms with Crippen LogP contribution in [-0.2, 0) is 4.74 Å². The van der Waals surface area contributed by atoms with Crippen molar-refractivity contribution in [3.05, 3.63) is 35.4 Å². The van der Waals surface area contributed by atoms with Gasteiger partial charge in [-0.3, -0.25) is 0 Å². The Hall–Kier alpha value is -1.31. The van der Waals surface area contributed by atoms with Gasteiger partial charge in [0.1, 0.15) is 5.60 Å². The van der Waals surface area contributed by atoms with E-state index in [1.165, 1.54) is 18.4 Å². The molecular formula is C19H22O2. The van der Waals surface area contributed by atoms with E-state index in [1.54, 1.807) is 0 Å². The molecule has 0 aromatic heterocycles. The van der Waals surface area contributed by atoms with Crippen LogP contribution in [-0.4, -0.2) is 11.6 Å². The predicted octanol–water partition coefficient (Wildman–Crippen LogP) is 3.98. The molecule has 0 heterocycles. The first-order valence-corrected chi connectivity index (χ1v) is 8.35. The summed E-state index contributed by atoms with van der Waals surface area (Å²) in [6.45, 7) is 4.45. The van der Waals surface area contributed by atoms with E-state index in [-0.39, 0.29) is 11.6 Å². The minimum atomic E-state index is -0.108. The van der Waals surface area contributed by atoms with Gasteiger partial charge < -0.3 is 4.74 Å². The van der Waals surface area contributed by atoms with Gasteiger partial charge in [-0.15, -0.1) is 0 Å². The second kappa shape index (κ2) is 3.53. The molecule has 4 fully saturated rings. The van der Waals surface area contributed by atoms with Crippen molar-refractivity contribution in [2.75, 3.05) is 0 Å². The van der Waals surface area contributed by atoms with Crippen LogP contribution in [0.4, 0.5) is 0 Å². The molecule has 6 atom stereocenters. The highest BCUT2D eigenvalue weighted by Gasteiger charge is 2.86. The van der Waals surface area contributed by atoms with Crippen LogP contribution in [0.1, 0.15) is 48.5 Å². The van der Waals surface area contributed by atoms with Gasteiger partial charge in [0.2, 0.25) is 0 Å². The summed E-state index contributed by atoms with van der Waals surface area (Å²) in [5, 5.41) is 0. The lowest BCUT2D eigenvalue weighted by Gasteiger charge is -2.43. The monoisotopic (exact) mass is 282 g/mol. The van der Waals surface area contributed by atoms with Gasteiger partial charge in [-0.1, -0.05) is 24.6 Å². The minimum absolute atomic E-state index is 0.0824. The van der Waals surface area contributed by atoms with Crippen LogP contribution < -0.4 is 0 Å². The van der Waals surface area contributed by atoms with Crippen LogP contribution in [0, 0.1) is 36.0 Å². The van der Waals surface area contributed by atoms with E-state index in [0.29, 0.717) is 11.0 Å². The largest absolute Gasteiger partial charge is 0.455 e. The van der Waals surface area contributed by atoms with Crippen molar-refractivity contribution in [2.24, 2.45) is 29.1 Å². The quantitative estimate of drug-likeness (QED) is 0.767. The Balaban J connectivity index is 1.37. The summed E-state index contributed by atoms with van der Waals surface area (Å²) in [6, 6.07) is 7.76. The van der Waals surface area contributed by atoms with Crippen LogP contribution in [0.25, 0.3) is 0 Å². The molecule has 4 aliphatic carbocycles. The topological polar surface area (TPSA) is 26.3 Å². The average Bonchev–Trinajstić information content (AvgIpc) is 2.89. The molecule has 1 aromatic carbocycles. The zero-order chi connectivity index (χ0) is 14.4. The van der Waals surface area contributed by atoms with E-state index >= 15 is 0 Å². The van der Waals surface area contributed by atoms with Gasteiger partial charge in [0, 0.05) is 5.41 Å². The lowest BCUT2D eigenvalue weighted by Crippen LogP contribution is -2.40. The van der Waals surface area contributed by atoms with Crippen molar-refractivity contribution in [3.63, 3.8) is 0 Å². The Morgan fingerprint density at radius 1 is 1.24 bits per heavy atom. The Morgan fingerprint density at radius 2 is 2.00 bits per heavy atom. The lowest BCUT2D eigenvalue weighted by molar-refractivity contribution is -0.0202. The Labute approximate surface area is 125 Å². The van der Waals surface area contributed by atoms with Gasteiger partial charge in [-0.25, -0.2) is 4.79 Å². The van der Waals surface area contributed by atoms with Gasteiger partial charge >= 0.3 is 5.97 Å². The first-order chi connectivity index (χ1) is 10.0. The van der Waals surface area contributed by atoms with E-state index in [1.807, 2.05) is 31.2 Å². The molecule has 0 aliphatic heterocycles. The maximum absolute atomic E-state index is 12.5. The number of hydrogen-bond donors (Lipinski definition) is 0. The fraction of sp³-hybridized carbons (Fsp3) is 0.632. The van der Waals surface area contributed by atoms with Crippen molar-refractivity contribution < 1.29 is 9.53 Å². The molecule has 2 heteroatoms. The molecule has 0 saturated heterocycles. The molecule has 110 valence electrons. The van der Waals surface area contributed by atoms with E-state index in [4.69, 9.17) is 4.74 Å². The molecule has 0 N–H and O–H groups in total. The van der Waals surface area contributed by atoms with Crippen molar-refractivity contribution >= 4 is 5.97 Å². The smallest absolute Gasteiger partial charge is 0.338 e. The summed E-state index contributed by atoms with van der Waals surface area (Å²) in [5.74, 6) is 3.43. The van der Waals surface area contributed by atoms with E-state index in [2.05, 4.69) is 6.92 Å². The van der Waals surface area contributed by atoms with Gasteiger partial charge in [0.25, 0.3) is 0 Å². The fourth-order valence-electron chi connectivity index (χ4n) is 6.25. The van der Waals surface area contributed by atoms with Gasteiger partial charge in [-0.05, 0) is 68.4 Å². The van der Waals surface area contributed by atoms with Crippen LogP contribution >= 0.6 is 0 Å². The van der Waals surface area contributed by atoms with Crippen molar-refractivity contribution in [1.82, 2.24) is 0 Å². The second-order valence-electron chi connectivity index (χ2n) is 8.15. The van der Waals surface area contributed by atoms with E-state index in [0.717, 1.165) is 36.5 Å². The lowest BCUT2D eigenvalue weighted by atomic mass is 9.61. The van der Waals surface area contributed by atoms with Gasteiger partial charge in [0.15, 0.2) is 0 Å². The third kappa shape index (κ3) is 1.32. The normalized spacial score (nSPS) is 48.3. The van der Waals surface area contributed by atoms with Crippen LogP contribution in [0.2, 0.25) is 0 Å². The van der Waals surface area contributed by atoms with E-state index < -0.39 is 0 Å². The number of rotatable bonds is 2. The summed E-state index contributed by atoms with van der Waals surface area (Å²) in [4.78, 5) is 12.5. The number of carbonyl (C=O) groups excluding carboxylic acids is 1. The highest BCUT2D eigenvalue weighted by atomic mass is 16.6. The molecule has 2 nitrogen and oxygen atoms in total. The van der Waals surface area contributed by atoms with Crippen molar-refractivity contribution in [3.8, 4) is 0 Å². The third-order valence-corrected chi connectivity index (χ3v) is 7.16. The SMILES string of the molecule is Cc1ccc(C(=O)OC23CC4CC(C)C5CC2(C3)C45)cc1. The number of hydrogen-bond acceptors (Lipinski definition) is 2. The van der Waals surface area contributed by atoms with Crippen molar-refractivity contribution in [2.45, 2.75) is 45.1 Å². The Bertz CT molecular complexity index is 633. The average molecular weight is 282 g/mol. The summed E-state index contributed by atoms with van der Waals surface area (Å²) < 4.78 is 6.07. The molecule has 4 aliphatic rings. The highest BCUT2D eigenvalue weighted by Crippen LogP contribution is 2.86. The standard InChI is InChI=1S/C19H22O2/c1-11-3-5-13(6-4-11)17(20)21-19-8-14-7-12(2)15-9-18(19,10-19)16(14)15/h3-6,12,14-16H,7-10H2,1-2H3. The summed E-state index contributed by atoms with van der Waals surface area (Å²) >= 11 is 0. The Morgan fingerprint density at radius 3 is 2.71 bits per heavy atom. The van der Waals surface area contributed by atoms with Crippen molar-refractivity contribution in [1.29, 1.82) is 0 Å². The predicted molar refractivity (Wildman–Crippen MR) is 79.9 cm³/mol. The number of ether oxygens (including phenoxy) is 1.